The minimum atomic E-state index is -1.16. The summed E-state index contributed by atoms with van der Waals surface area (Å²) in [4.78, 5) is 46.8. The molecule has 228 valence electrons. The van der Waals surface area contributed by atoms with E-state index < -0.39 is 17.8 Å². The Balaban J connectivity index is 1.58. The van der Waals surface area contributed by atoms with Crippen LogP contribution in [-0.4, -0.2) is 65.6 Å². The lowest BCUT2D eigenvalue weighted by atomic mass is 9.65. The fraction of sp³-hybridized carbons (Fsp3) is 0.529. The first-order chi connectivity index (χ1) is 20.5. The van der Waals surface area contributed by atoms with Gasteiger partial charge in [-0.05, 0) is 55.7 Å². The van der Waals surface area contributed by atoms with E-state index in [0.29, 0.717) is 54.1 Å². The number of Topliss-reactive ketones (excluding diaryl/α,β-unsaturated/α-hetero) is 1. The van der Waals surface area contributed by atoms with Crippen LogP contribution >= 0.6 is 0 Å². The number of ether oxygens (including phenoxy) is 3. The van der Waals surface area contributed by atoms with Crippen molar-refractivity contribution in [1.82, 2.24) is 9.88 Å². The number of aromatic nitrogens is 1. The smallest absolute Gasteiger partial charge is 0.354 e. The van der Waals surface area contributed by atoms with E-state index in [2.05, 4.69) is 18.8 Å². The van der Waals surface area contributed by atoms with Gasteiger partial charge in [-0.25, -0.2) is 9.78 Å². The van der Waals surface area contributed by atoms with Crippen LogP contribution in [0.15, 0.2) is 35.6 Å². The number of ketones is 1. The van der Waals surface area contributed by atoms with Crippen LogP contribution in [0.5, 0.6) is 11.5 Å². The largest absolute Gasteiger partial charge is 0.497 e. The Morgan fingerprint density at radius 1 is 1.16 bits per heavy atom. The Morgan fingerprint density at radius 2 is 1.91 bits per heavy atom. The molecule has 0 unspecified atom stereocenters. The summed E-state index contributed by atoms with van der Waals surface area (Å²) in [6.45, 7) is 8.77. The Bertz CT molecular complexity index is 1540. The van der Waals surface area contributed by atoms with Gasteiger partial charge in [0.25, 0.3) is 0 Å². The summed E-state index contributed by atoms with van der Waals surface area (Å²) < 4.78 is 18.0. The summed E-state index contributed by atoms with van der Waals surface area (Å²) in [5, 5.41) is 9.72. The molecule has 0 bridgehead atoms. The zero-order valence-electron chi connectivity index (χ0n) is 25.7. The van der Waals surface area contributed by atoms with Crippen LogP contribution in [0.4, 0.5) is 0 Å². The molecule has 1 amide bonds. The third kappa shape index (κ3) is 4.77. The number of pyridine rings is 1. The van der Waals surface area contributed by atoms with Gasteiger partial charge in [-0.15, -0.1) is 0 Å². The molecule has 3 heterocycles. The van der Waals surface area contributed by atoms with E-state index >= 15 is 0 Å². The quantitative estimate of drug-likeness (QED) is 0.448. The van der Waals surface area contributed by atoms with Gasteiger partial charge in [0, 0.05) is 66.6 Å². The van der Waals surface area contributed by atoms with Crippen molar-refractivity contribution in [1.29, 1.82) is 0 Å². The number of carboxylic acid groups (broad SMARTS) is 1. The maximum absolute atomic E-state index is 14.5. The van der Waals surface area contributed by atoms with E-state index in [-0.39, 0.29) is 40.9 Å². The second kappa shape index (κ2) is 10.7. The number of carboxylic acids is 1. The summed E-state index contributed by atoms with van der Waals surface area (Å²) in [5.41, 5.74) is 3.06. The molecule has 43 heavy (non-hydrogen) atoms. The highest BCUT2D eigenvalue weighted by molar-refractivity contribution is 6.01. The molecule has 9 heteroatoms. The van der Waals surface area contributed by atoms with Gasteiger partial charge in [-0.3, -0.25) is 9.59 Å². The summed E-state index contributed by atoms with van der Waals surface area (Å²) >= 11 is 0. The van der Waals surface area contributed by atoms with Gasteiger partial charge in [-0.1, -0.05) is 13.8 Å². The van der Waals surface area contributed by atoms with E-state index in [4.69, 9.17) is 14.2 Å². The predicted molar refractivity (Wildman–Crippen MR) is 159 cm³/mol. The monoisotopic (exact) mass is 588 g/mol. The molecule has 1 spiro atoms. The average Bonchev–Trinajstić information content (AvgIpc) is 3.72. The fourth-order valence-electron chi connectivity index (χ4n) is 7.70. The van der Waals surface area contributed by atoms with E-state index in [9.17, 15) is 19.5 Å². The van der Waals surface area contributed by atoms with E-state index in [1.807, 2.05) is 30.9 Å². The molecule has 2 aromatic rings. The number of amides is 1. The number of rotatable bonds is 7. The Labute approximate surface area is 252 Å². The van der Waals surface area contributed by atoms with Crippen molar-refractivity contribution in [3.05, 3.63) is 52.4 Å². The average molecular weight is 589 g/mol. The van der Waals surface area contributed by atoms with Gasteiger partial charge in [-0.2, -0.15) is 0 Å². The molecule has 1 saturated heterocycles. The number of hydrogen-bond donors (Lipinski definition) is 1. The molecule has 6 rings (SSSR count). The number of methoxy groups -OCH3 is 2. The van der Waals surface area contributed by atoms with Crippen LogP contribution in [0.25, 0.3) is 11.3 Å². The molecular weight excluding hydrogens is 548 g/mol. The summed E-state index contributed by atoms with van der Waals surface area (Å²) in [6, 6.07) is 6.78. The van der Waals surface area contributed by atoms with Crippen molar-refractivity contribution in [2.45, 2.75) is 77.9 Å². The van der Waals surface area contributed by atoms with Crippen molar-refractivity contribution in [3.8, 4) is 22.8 Å². The van der Waals surface area contributed by atoms with E-state index in [0.717, 1.165) is 29.7 Å². The van der Waals surface area contributed by atoms with Crippen molar-refractivity contribution in [2.75, 3.05) is 20.8 Å². The molecule has 1 N–H and O–H groups in total. The highest BCUT2D eigenvalue weighted by atomic mass is 16.5. The molecular formula is C34H40N2O7. The Hall–Kier alpha value is -3.88. The molecule has 9 nitrogen and oxygen atoms in total. The van der Waals surface area contributed by atoms with Crippen LogP contribution in [-0.2, 0) is 14.3 Å². The lowest BCUT2D eigenvalue weighted by molar-refractivity contribution is -0.156. The second-order valence-electron chi connectivity index (χ2n) is 12.9. The number of benzene rings is 1. The lowest BCUT2D eigenvalue weighted by Crippen LogP contribution is -2.59. The van der Waals surface area contributed by atoms with Crippen LogP contribution in [0.3, 0.4) is 0 Å². The minimum absolute atomic E-state index is 0.00645. The highest BCUT2D eigenvalue weighted by Gasteiger charge is 2.58. The molecule has 4 aliphatic rings. The standard InChI is InChI=1S/C34H40N2O7/c1-7-36-23(17(2)3)14-26-30(32(36)38)31(29-24(37)15-34(10-11-34)16-27(29)43-26)28-18(4)20(8-9-25(28)42-6)21-12-19(41-5)13-22(35-21)33(39)40/h8-9,12-13,17,23,26,30-31H,7,10-11,14-16H2,1-6H3,(H,39,40)/t23-,26-,30-,31-/m0/s1. The number of hydrogen-bond acceptors (Lipinski definition) is 7. The first kappa shape index (κ1) is 29.2. The molecule has 1 aromatic heterocycles. The second-order valence-corrected chi connectivity index (χ2v) is 12.9. The van der Waals surface area contributed by atoms with Crippen molar-refractivity contribution in [2.24, 2.45) is 17.3 Å². The predicted octanol–water partition coefficient (Wildman–Crippen LogP) is 5.55. The Kier molecular flexibility index (Phi) is 7.26. The van der Waals surface area contributed by atoms with Gasteiger partial charge in [0.05, 0.1) is 25.8 Å². The van der Waals surface area contributed by atoms with Gasteiger partial charge in [0.15, 0.2) is 11.5 Å². The SMILES string of the molecule is CCN1C(=O)[C@H]2[C@H](C[C@H]1C(C)C)OC1=C(C(=O)CC3(CC3)C1)[C@@H]2c1c(OC)ccc(-c2cc(OC)cc(C(=O)O)n2)c1C. The number of carbonyl (C=O) groups is 3. The normalized spacial score (nSPS) is 25.8. The number of nitrogens with zero attached hydrogens (tertiary/aromatic N) is 2. The molecule has 1 aromatic carbocycles. The van der Waals surface area contributed by atoms with Gasteiger partial charge in [0.1, 0.15) is 23.4 Å². The van der Waals surface area contributed by atoms with E-state index in [1.165, 1.54) is 13.2 Å². The van der Waals surface area contributed by atoms with Crippen molar-refractivity contribution < 1.29 is 33.7 Å². The number of allylic oxidation sites excluding steroid dienone is 2. The third-order valence-electron chi connectivity index (χ3n) is 10.1. The fourth-order valence-corrected chi connectivity index (χ4v) is 7.70. The maximum Gasteiger partial charge on any atom is 0.354 e. The summed E-state index contributed by atoms with van der Waals surface area (Å²) in [6.07, 6.45) is 3.53. The zero-order valence-corrected chi connectivity index (χ0v) is 25.7. The molecule has 2 aliphatic heterocycles. The first-order valence-electron chi connectivity index (χ1n) is 15.2. The maximum atomic E-state index is 14.5. The van der Waals surface area contributed by atoms with E-state index in [1.54, 1.807) is 13.2 Å². The molecule has 1 saturated carbocycles. The topological polar surface area (TPSA) is 115 Å². The molecule has 2 aliphatic carbocycles. The van der Waals surface area contributed by atoms with Gasteiger partial charge >= 0.3 is 5.97 Å². The van der Waals surface area contributed by atoms with Crippen molar-refractivity contribution >= 4 is 17.7 Å². The molecule has 0 radical (unpaired) electrons. The number of piperidine rings is 1. The van der Waals surface area contributed by atoms with Crippen molar-refractivity contribution in [3.63, 3.8) is 0 Å². The lowest BCUT2D eigenvalue weighted by Gasteiger charge is -2.51. The molecule has 2 fully saturated rings. The minimum Gasteiger partial charge on any atom is -0.497 e. The highest BCUT2D eigenvalue weighted by Crippen LogP contribution is 2.61. The van der Waals surface area contributed by atoms with Crippen LogP contribution < -0.4 is 9.47 Å². The zero-order chi connectivity index (χ0) is 30.8. The summed E-state index contributed by atoms with van der Waals surface area (Å²) in [7, 11) is 3.07. The number of aromatic carboxylic acids is 1. The van der Waals surface area contributed by atoms with Gasteiger partial charge in [0.2, 0.25) is 5.91 Å². The number of likely N-dealkylation sites (tertiary alicyclic amines) is 1. The number of carbonyl (C=O) groups excluding carboxylic acids is 2. The van der Waals surface area contributed by atoms with Crippen LogP contribution in [0.2, 0.25) is 0 Å². The van der Waals surface area contributed by atoms with Crippen LogP contribution in [0, 0.1) is 24.2 Å². The third-order valence-corrected chi connectivity index (χ3v) is 10.1. The number of fused-ring (bicyclic) bond motifs is 1. The first-order valence-corrected chi connectivity index (χ1v) is 15.2. The Morgan fingerprint density at radius 3 is 2.51 bits per heavy atom. The molecule has 4 atom stereocenters. The summed E-state index contributed by atoms with van der Waals surface area (Å²) in [5.74, 6) is -0.353. The van der Waals surface area contributed by atoms with Crippen LogP contribution in [0.1, 0.15) is 80.4 Å². The van der Waals surface area contributed by atoms with Gasteiger partial charge < -0.3 is 24.2 Å².